The van der Waals surface area contributed by atoms with Gasteiger partial charge in [-0.2, -0.15) is 0 Å². The van der Waals surface area contributed by atoms with Crippen LogP contribution in [0.25, 0.3) is 0 Å². The average Bonchev–Trinajstić information content (AvgIpc) is 2.82. The molecule has 3 N–H and O–H groups in total. The first-order valence-electron chi connectivity index (χ1n) is 8.30. The highest BCUT2D eigenvalue weighted by Crippen LogP contribution is 2.29. The number of nitrogens with one attached hydrogen (secondary N) is 2. The van der Waals surface area contributed by atoms with Gasteiger partial charge in [-0.1, -0.05) is 39.5 Å². The minimum atomic E-state index is -0.556. The van der Waals surface area contributed by atoms with Gasteiger partial charge >= 0.3 is 0 Å². The summed E-state index contributed by atoms with van der Waals surface area (Å²) in [5.41, 5.74) is -0.556. The number of nitrogens with zero attached hydrogens (tertiary/aromatic N) is 1. The molecule has 4 heteroatoms. The third-order valence-corrected chi connectivity index (χ3v) is 3.91. The largest absolute Gasteiger partial charge is 0.388 e. The van der Waals surface area contributed by atoms with Crippen LogP contribution in [0.15, 0.2) is 4.99 Å². The van der Waals surface area contributed by atoms with Crippen LogP contribution in [0.3, 0.4) is 0 Å². The lowest BCUT2D eigenvalue weighted by Crippen LogP contribution is -2.39. The van der Waals surface area contributed by atoms with Crippen LogP contribution in [-0.2, 0) is 0 Å². The summed E-state index contributed by atoms with van der Waals surface area (Å²) >= 11 is 0. The van der Waals surface area contributed by atoms with Crippen molar-refractivity contribution in [2.24, 2.45) is 10.9 Å². The van der Waals surface area contributed by atoms with Gasteiger partial charge in [0.2, 0.25) is 0 Å². The SMILES string of the molecule is CCNC(=NCC1(O)CCCC1)NCCCCC(C)C. The Balaban J connectivity index is 2.27. The van der Waals surface area contributed by atoms with Gasteiger partial charge in [0.1, 0.15) is 0 Å². The Morgan fingerprint density at radius 3 is 2.50 bits per heavy atom. The predicted octanol–water partition coefficient (Wildman–Crippen LogP) is 2.67. The predicted molar refractivity (Wildman–Crippen MR) is 86.1 cm³/mol. The van der Waals surface area contributed by atoms with Gasteiger partial charge in [0.25, 0.3) is 0 Å². The highest BCUT2D eigenvalue weighted by atomic mass is 16.3. The van der Waals surface area contributed by atoms with Crippen molar-refractivity contribution >= 4 is 5.96 Å². The number of guanidine groups is 1. The lowest BCUT2D eigenvalue weighted by Gasteiger charge is -2.20. The summed E-state index contributed by atoms with van der Waals surface area (Å²) in [4.78, 5) is 4.54. The van der Waals surface area contributed by atoms with Gasteiger partial charge in [-0.05, 0) is 32.1 Å². The molecule has 1 saturated carbocycles. The molecule has 0 aliphatic heterocycles. The molecule has 0 radical (unpaired) electrons. The maximum absolute atomic E-state index is 10.3. The van der Waals surface area contributed by atoms with Crippen LogP contribution in [0.4, 0.5) is 0 Å². The molecule has 1 fully saturated rings. The molecule has 1 aliphatic carbocycles. The van der Waals surface area contributed by atoms with Gasteiger partial charge in [-0.25, -0.2) is 0 Å². The standard InChI is InChI=1S/C16H33N3O/c1-4-17-15(18-12-8-5-9-14(2)3)19-13-16(20)10-6-7-11-16/h14,20H,4-13H2,1-3H3,(H2,17,18,19). The molecule has 0 aromatic heterocycles. The van der Waals surface area contributed by atoms with E-state index in [1.165, 1.54) is 19.3 Å². The highest BCUT2D eigenvalue weighted by Gasteiger charge is 2.30. The van der Waals surface area contributed by atoms with Gasteiger partial charge in [0.05, 0.1) is 12.1 Å². The van der Waals surface area contributed by atoms with Crippen molar-refractivity contribution in [3.63, 3.8) is 0 Å². The Labute approximate surface area is 124 Å². The fourth-order valence-corrected chi connectivity index (χ4v) is 2.64. The summed E-state index contributed by atoms with van der Waals surface area (Å²) < 4.78 is 0. The molecule has 0 heterocycles. The molecule has 0 aromatic rings. The van der Waals surface area contributed by atoms with Crippen molar-refractivity contribution in [1.29, 1.82) is 0 Å². The molecule has 0 bridgehead atoms. The van der Waals surface area contributed by atoms with Crippen molar-refractivity contribution < 1.29 is 5.11 Å². The van der Waals surface area contributed by atoms with E-state index >= 15 is 0 Å². The lowest BCUT2D eigenvalue weighted by atomic mass is 10.0. The maximum Gasteiger partial charge on any atom is 0.191 e. The van der Waals surface area contributed by atoms with E-state index in [4.69, 9.17) is 0 Å². The van der Waals surface area contributed by atoms with Gasteiger partial charge < -0.3 is 15.7 Å². The number of rotatable bonds is 8. The first kappa shape index (κ1) is 17.3. The Hall–Kier alpha value is -0.770. The molecule has 1 rings (SSSR count). The Morgan fingerprint density at radius 2 is 1.90 bits per heavy atom. The summed E-state index contributed by atoms with van der Waals surface area (Å²) in [5, 5.41) is 16.9. The van der Waals surface area contributed by atoms with Crippen LogP contribution in [0.5, 0.6) is 0 Å². The maximum atomic E-state index is 10.3. The van der Waals surface area contributed by atoms with E-state index in [1.807, 2.05) is 0 Å². The van der Waals surface area contributed by atoms with Gasteiger partial charge in [-0.15, -0.1) is 0 Å². The quantitative estimate of drug-likeness (QED) is 0.365. The molecule has 0 amide bonds. The zero-order valence-corrected chi connectivity index (χ0v) is 13.5. The molecule has 1 aliphatic rings. The molecule has 0 unspecified atom stereocenters. The van der Waals surface area contributed by atoms with Crippen molar-refractivity contribution in [2.45, 2.75) is 71.3 Å². The fraction of sp³-hybridized carbons (Fsp3) is 0.938. The molecular formula is C16H33N3O. The molecule has 0 aromatic carbocycles. The summed E-state index contributed by atoms with van der Waals surface area (Å²) in [6.07, 6.45) is 7.76. The smallest absolute Gasteiger partial charge is 0.191 e. The third kappa shape index (κ3) is 7.13. The van der Waals surface area contributed by atoms with Crippen LogP contribution in [0, 0.1) is 5.92 Å². The van der Waals surface area contributed by atoms with Gasteiger partial charge in [0.15, 0.2) is 5.96 Å². The van der Waals surface area contributed by atoms with E-state index in [2.05, 4.69) is 36.4 Å². The van der Waals surface area contributed by atoms with Gasteiger partial charge in [-0.3, -0.25) is 4.99 Å². The molecule has 118 valence electrons. The fourth-order valence-electron chi connectivity index (χ4n) is 2.64. The molecule has 20 heavy (non-hydrogen) atoms. The lowest BCUT2D eigenvalue weighted by molar-refractivity contribution is 0.0574. The molecule has 0 saturated heterocycles. The second-order valence-corrected chi connectivity index (χ2v) is 6.44. The number of hydrogen-bond acceptors (Lipinski definition) is 2. The topological polar surface area (TPSA) is 56.7 Å². The minimum absolute atomic E-state index is 0.522. The van der Waals surface area contributed by atoms with E-state index in [0.717, 1.165) is 50.7 Å². The van der Waals surface area contributed by atoms with E-state index < -0.39 is 5.60 Å². The van der Waals surface area contributed by atoms with E-state index in [1.54, 1.807) is 0 Å². The molecule has 4 nitrogen and oxygen atoms in total. The summed E-state index contributed by atoms with van der Waals surface area (Å²) in [7, 11) is 0. The highest BCUT2D eigenvalue weighted by molar-refractivity contribution is 5.79. The molecule has 0 spiro atoms. The van der Waals surface area contributed by atoms with Crippen molar-refractivity contribution in [3.05, 3.63) is 0 Å². The van der Waals surface area contributed by atoms with E-state index in [9.17, 15) is 5.11 Å². The number of aliphatic hydroxyl groups is 1. The van der Waals surface area contributed by atoms with Crippen LogP contribution in [0.1, 0.15) is 65.7 Å². The number of aliphatic imine (C=N–C) groups is 1. The van der Waals surface area contributed by atoms with Crippen molar-refractivity contribution in [3.8, 4) is 0 Å². The monoisotopic (exact) mass is 283 g/mol. The summed E-state index contributed by atoms with van der Waals surface area (Å²) in [5.74, 6) is 1.63. The average molecular weight is 283 g/mol. The Kier molecular flexibility index (Phi) is 7.97. The van der Waals surface area contributed by atoms with Crippen LogP contribution >= 0.6 is 0 Å². The van der Waals surface area contributed by atoms with Gasteiger partial charge in [0, 0.05) is 13.1 Å². The minimum Gasteiger partial charge on any atom is -0.388 e. The summed E-state index contributed by atoms with van der Waals surface area (Å²) in [6.45, 7) is 8.93. The Morgan fingerprint density at radius 1 is 1.20 bits per heavy atom. The van der Waals surface area contributed by atoms with E-state index in [-0.39, 0.29) is 0 Å². The molecular weight excluding hydrogens is 250 g/mol. The second kappa shape index (κ2) is 9.22. The summed E-state index contributed by atoms with van der Waals surface area (Å²) in [6, 6.07) is 0. The Bertz CT molecular complexity index is 283. The normalized spacial score (nSPS) is 18.6. The van der Waals surface area contributed by atoms with Crippen LogP contribution in [0.2, 0.25) is 0 Å². The van der Waals surface area contributed by atoms with Crippen molar-refractivity contribution in [1.82, 2.24) is 10.6 Å². The number of hydrogen-bond donors (Lipinski definition) is 3. The zero-order valence-electron chi connectivity index (χ0n) is 13.5. The molecule has 0 atom stereocenters. The third-order valence-electron chi connectivity index (χ3n) is 3.91. The zero-order chi connectivity index (χ0) is 14.8. The van der Waals surface area contributed by atoms with Crippen LogP contribution < -0.4 is 10.6 Å². The first-order valence-corrected chi connectivity index (χ1v) is 8.30. The van der Waals surface area contributed by atoms with Crippen molar-refractivity contribution in [2.75, 3.05) is 19.6 Å². The van der Waals surface area contributed by atoms with Crippen LogP contribution in [-0.4, -0.2) is 36.3 Å². The second-order valence-electron chi connectivity index (χ2n) is 6.44. The first-order chi connectivity index (χ1) is 9.56. The van der Waals surface area contributed by atoms with E-state index in [0.29, 0.717) is 6.54 Å². The number of unbranched alkanes of at least 4 members (excludes halogenated alkanes) is 1.